The van der Waals surface area contributed by atoms with E-state index in [1.54, 1.807) is 0 Å². The normalized spacial score (nSPS) is 12.5. The molecule has 0 aliphatic carbocycles. The van der Waals surface area contributed by atoms with E-state index in [4.69, 9.17) is 5.73 Å². The molecule has 5 heteroatoms. The van der Waals surface area contributed by atoms with Crippen molar-refractivity contribution in [2.45, 2.75) is 25.8 Å². The topological polar surface area (TPSA) is 77.9 Å². The van der Waals surface area contributed by atoms with Gasteiger partial charge >= 0.3 is 5.69 Å². The maximum absolute atomic E-state index is 11.2. The van der Waals surface area contributed by atoms with Crippen molar-refractivity contribution in [3.05, 3.63) is 34.2 Å². The fraction of sp³-hybridized carbons (Fsp3) is 0.500. The first-order chi connectivity index (χ1) is 8.83. The number of H-pyrrole nitrogens is 2. The van der Waals surface area contributed by atoms with Crippen LogP contribution in [0.25, 0.3) is 11.0 Å². The molecule has 19 heavy (non-hydrogen) atoms. The van der Waals surface area contributed by atoms with E-state index in [1.165, 1.54) is 5.56 Å². The van der Waals surface area contributed by atoms with Crippen molar-refractivity contribution in [3.8, 4) is 0 Å². The molecule has 0 bridgehead atoms. The van der Waals surface area contributed by atoms with Crippen LogP contribution in [-0.4, -0.2) is 40.5 Å². The fourth-order valence-electron chi connectivity index (χ4n) is 2.33. The van der Waals surface area contributed by atoms with Crippen LogP contribution in [0.2, 0.25) is 0 Å². The van der Waals surface area contributed by atoms with Crippen LogP contribution < -0.4 is 11.4 Å². The molecule has 0 saturated carbocycles. The molecule has 4 N–H and O–H groups in total. The van der Waals surface area contributed by atoms with Gasteiger partial charge < -0.3 is 20.6 Å². The number of fused-ring (bicyclic) bond motifs is 1. The van der Waals surface area contributed by atoms with Crippen LogP contribution in [-0.2, 0) is 6.42 Å². The van der Waals surface area contributed by atoms with E-state index in [1.807, 2.05) is 32.0 Å². The van der Waals surface area contributed by atoms with Crippen LogP contribution in [0.15, 0.2) is 23.0 Å². The molecule has 0 spiro atoms. The molecular formula is C14H22N4O. The number of benzene rings is 1. The van der Waals surface area contributed by atoms with E-state index in [0.29, 0.717) is 0 Å². The number of nitrogens with zero attached hydrogens (tertiary/aromatic N) is 1. The Morgan fingerprint density at radius 1 is 1.26 bits per heavy atom. The Labute approximate surface area is 112 Å². The lowest BCUT2D eigenvalue weighted by Gasteiger charge is -2.26. The molecule has 0 saturated heterocycles. The van der Waals surface area contributed by atoms with Crippen LogP contribution in [0.4, 0.5) is 0 Å². The van der Waals surface area contributed by atoms with Gasteiger partial charge in [-0.25, -0.2) is 4.79 Å². The third-order valence-corrected chi connectivity index (χ3v) is 3.04. The first-order valence-corrected chi connectivity index (χ1v) is 6.52. The van der Waals surface area contributed by atoms with Crippen molar-refractivity contribution in [2.24, 2.45) is 5.73 Å². The smallest absolute Gasteiger partial charge is 0.323 e. The predicted molar refractivity (Wildman–Crippen MR) is 78.4 cm³/mol. The van der Waals surface area contributed by atoms with E-state index in [2.05, 4.69) is 21.9 Å². The molecule has 5 nitrogen and oxygen atoms in total. The highest BCUT2D eigenvalue weighted by molar-refractivity contribution is 5.74. The Hall–Kier alpha value is -1.59. The van der Waals surface area contributed by atoms with Crippen LogP contribution in [0.1, 0.15) is 19.4 Å². The molecule has 0 unspecified atom stereocenters. The van der Waals surface area contributed by atoms with Gasteiger partial charge in [0.25, 0.3) is 0 Å². The quantitative estimate of drug-likeness (QED) is 0.754. The highest BCUT2D eigenvalue weighted by Crippen LogP contribution is 2.11. The Morgan fingerprint density at radius 2 is 1.95 bits per heavy atom. The summed E-state index contributed by atoms with van der Waals surface area (Å²) in [5, 5.41) is 0. The highest BCUT2D eigenvalue weighted by atomic mass is 16.1. The number of likely N-dealkylation sites (N-methyl/N-ethyl adjacent to an activating group) is 1. The molecular weight excluding hydrogens is 240 g/mol. The molecule has 0 amide bonds. The fourth-order valence-corrected chi connectivity index (χ4v) is 2.33. The molecule has 0 radical (unpaired) electrons. The van der Waals surface area contributed by atoms with E-state index in [9.17, 15) is 4.79 Å². The summed E-state index contributed by atoms with van der Waals surface area (Å²) in [6.45, 7) is 5.86. The molecule has 0 aliphatic rings. The van der Waals surface area contributed by atoms with Gasteiger partial charge in [-0.15, -0.1) is 0 Å². The summed E-state index contributed by atoms with van der Waals surface area (Å²) in [6.07, 6.45) is 0.940. The van der Waals surface area contributed by atoms with Crippen molar-refractivity contribution in [1.29, 1.82) is 0 Å². The average Bonchev–Trinajstić information content (AvgIpc) is 2.63. The molecule has 2 aromatic rings. The van der Waals surface area contributed by atoms with Gasteiger partial charge in [-0.3, -0.25) is 0 Å². The number of nitrogens with one attached hydrogen (secondary N) is 2. The summed E-state index contributed by atoms with van der Waals surface area (Å²) in [5.74, 6) is 0. The zero-order chi connectivity index (χ0) is 14.0. The summed E-state index contributed by atoms with van der Waals surface area (Å²) < 4.78 is 0. The highest BCUT2D eigenvalue weighted by Gasteiger charge is 2.13. The lowest BCUT2D eigenvalue weighted by atomic mass is 10.1. The summed E-state index contributed by atoms with van der Waals surface area (Å²) >= 11 is 0. The van der Waals surface area contributed by atoms with Crippen molar-refractivity contribution in [3.63, 3.8) is 0 Å². The van der Waals surface area contributed by atoms with Gasteiger partial charge in [0.1, 0.15) is 0 Å². The van der Waals surface area contributed by atoms with Gasteiger partial charge in [0.05, 0.1) is 11.0 Å². The molecule has 1 aromatic heterocycles. The standard InChI is InChI=1S/C14H22N4O/c1-14(2,15)9-18(3)7-6-10-4-5-11-12(8-10)17-13(19)16-11/h4-5,8H,6-7,9,15H2,1-3H3,(H2,16,17,19). The van der Waals surface area contributed by atoms with Gasteiger partial charge in [0, 0.05) is 18.6 Å². The summed E-state index contributed by atoms with van der Waals surface area (Å²) in [7, 11) is 2.07. The van der Waals surface area contributed by atoms with E-state index in [0.717, 1.165) is 30.5 Å². The largest absolute Gasteiger partial charge is 0.324 e. The predicted octanol–water partition coefficient (Wildman–Crippen LogP) is 1.07. The summed E-state index contributed by atoms with van der Waals surface area (Å²) in [6, 6.07) is 6.01. The molecule has 0 fully saturated rings. The van der Waals surface area contributed by atoms with Gasteiger partial charge in [0.2, 0.25) is 0 Å². The van der Waals surface area contributed by atoms with Gasteiger partial charge in [-0.2, -0.15) is 0 Å². The molecule has 0 atom stereocenters. The number of nitrogens with two attached hydrogens (primary N) is 1. The Morgan fingerprint density at radius 3 is 2.63 bits per heavy atom. The lowest BCUT2D eigenvalue weighted by Crippen LogP contribution is -2.44. The maximum atomic E-state index is 11.2. The van der Waals surface area contributed by atoms with Crippen LogP contribution in [0.5, 0.6) is 0 Å². The second-order valence-electron chi connectivity index (χ2n) is 5.94. The second-order valence-corrected chi connectivity index (χ2v) is 5.94. The van der Waals surface area contributed by atoms with Gasteiger partial charge in [0.15, 0.2) is 0 Å². The van der Waals surface area contributed by atoms with Crippen molar-refractivity contribution >= 4 is 11.0 Å². The zero-order valence-corrected chi connectivity index (χ0v) is 11.8. The molecule has 1 aromatic carbocycles. The van der Waals surface area contributed by atoms with Gasteiger partial charge in [-0.05, 0) is 45.0 Å². The number of aromatic nitrogens is 2. The minimum absolute atomic E-state index is 0.158. The first kappa shape index (κ1) is 13.8. The van der Waals surface area contributed by atoms with Crippen molar-refractivity contribution < 1.29 is 0 Å². The van der Waals surface area contributed by atoms with Crippen LogP contribution >= 0.6 is 0 Å². The number of hydrogen-bond acceptors (Lipinski definition) is 3. The van der Waals surface area contributed by atoms with Gasteiger partial charge in [-0.1, -0.05) is 6.07 Å². The Balaban J connectivity index is 1.99. The SMILES string of the molecule is CN(CCc1ccc2[nH]c(=O)[nH]c2c1)CC(C)(C)N. The Kier molecular flexibility index (Phi) is 3.78. The minimum Gasteiger partial charge on any atom is -0.324 e. The van der Waals surface area contributed by atoms with Crippen molar-refractivity contribution in [2.75, 3.05) is 20.1 Å². The zero-order valence-electron chi connectivity index (χ0n) is 11.8. The van der Waals surface area contributed by atoms with Crippen LogP contribution in [0, 0.1) is 0 Å². The third-order valence-electron chi connectivity index (χ3n) is 3.04. The van der Waals surface area contributed by atoms with Crippen molar-refractivity contribution in [1.82, 2.24) is 14.9 Å². The maximum Gasteiger partial charge on any atom is 0.323 e. The number of aromatic amines is 2. The molecule has 2 rings (SSSR count). The monoisotopic (exact) mass is 262 g/mol. The van der Waals surface area contributed by atoms with E-state index < -0.39 is 0 Å². The second kappa shape index (κ2) is 5.19. The summed E-state index contributed by atoms with van der Waals surface area (Å²) in [4.78, 5) is 18.9. The minimum atomic E-state index is -0.176. The Bertz CT molecular complexity index is 606. The molecule has 104 valence electrons. The van der Waals surface area contributed by atoms with Crippen LogP contribution in [0.3, 0.4) is 0 Å². The third kappa shape index (κ3) is 3.94. The summed E-state index contributed by atoms with van der Waals surface area (Å²) in [5.41, 5.74) is 8.59. The van der Waals surface area contributed by atoms with E-state index >= 15 is 0 Å². The lowest BCUT2D eigenvalue weighted by molar-refractivity contribution is 0.273. The number of rotatable bonds is 5. The number of imidazole rings is 1. The number of hydrogen-bond donors (Lipinski definition) is 3. The van der Waals surface area contributed by atoms with E-state index in [-0.39, 0.29) is 11.2 Å². The first-order valence-electron chi connectivity index (χ1n) is 6.52. The molecule has 1 heterocycles. The molecule has 0 aliphatic heterocycles. The average molecular weight is 262 g/mol.